The van der Waals surface area contributed by atoms with Crippen LogP contribution in [0.5, 0.6) is 11.5 Å². The molecular weight excluding hydrogens is 374 g/mol. The van der Waals surface area contributed by atoms with Crippen molar-refractivity contribution in [3.8, 4) is 11.5 Å². The van der Waals surface area contributed by atoms with Crippen LogP contribution in [0.25, 0.3) is 0 Å². The first kappa shape index (κ1) is 22.0. The van der Waals surface area contributed by atoms with Crippen molar-refractivity contribution in [2.45, 2.75) is 37.6 Å². The van der Waals surface area contributed by atoms with Gasteiger partial charge in [0.15, 0.2) is 11.5 Å². The monoisotopic (exact) mass is 401 g/mol. The van der Waals surface area contributed by atoms with Crippen LogP contribution in [0.4, 0.5) is 0 Å². The van der Waals surface area contributed by atoms with Gasteiger partial charge in [0.25, 0.3) is 0 Å². The van der Waals surface area contributed by atoms with Crippen LogP contribution in [0.2, 0.25) is 5.02 Å². The van der Waals surface area contributed by atoms with Gasteiger partial charge in [-0.15, -0.1) is 6.58 Å². The third-order valence-corrected chi connectivity index (χ3v) is 5.12. The number of Topliss-reactive ketones (excluding diaryl/α,β-unsaturated/α-hetero) is 1. The molecule has 2 unspecified atom stereocenters. The van der Waals surface area contributed by atoms with Crippen LogP contribution in [-0.4, -0.2) is 26.0 Å². The van der Waals surface area contributed by atoms with Gasteiger partial charge in [-0.1, -0.05) is 35.9 Å². The smallest absolute Gasteiger partial charge is 0.161 e. The molecule has 0 saturated carbocycles. The lowest BCUT2D eigenvalue weighted by molar-refractivity contribution is -0.119. The zero-order valence-electron chi connectivity index (χ0n) is 16.5. The summed E-state index contributed by atoms with van der Waals surface area (Å²) >= 11 is 5.89. The molecule has 0 aromatic heterocycles. The van der Waals surface area contributed by atoms with Crippen molar-refractivity contribution in [3.63, 3.8) is 0 Å². The normalized spacial score (nSPS) is 12.9. The topological polar surface area (TPSA) is 61.6 Å². The second-order valence-electron chi connectivity index (χ2n) is 6.74. The minimum Gasteiger partial charge on any atom is -0.493 e. The predicted molar refractivity (Wildman–Crippen MR) is 114 cm³/mol. The number of carbonyl (C=O) groups excluding carboxylic acids is 1. The first-order chi connectivity index (χ1) is 13.5. The lowest BCUT2D eigenvalue weighted by Crippen LogP contribution is -2.28. The molecule has 0 amide bonds. The van der Waals surface area contributed by atoms with Gasteiger partial charge in [-0.05, 0) is 48.2 Å². The van der Waals surface area contributed by atoms with Crippen molar-refractivity contribution in [3.05, 3.63) is 71.3 Å². The molecule has 0 fully saturated rings. The fourth-order valence-corrected chi connectivity index (χ4v) is 3.31. The fraction of sp³-hybridized carbons (Fsp3) is 0.348. The first-order valence-electron chi connectivity index (χ1n) is 9.34. The summed E-state index contributed by atoms with van der Waals surface area (Å²) in [7, 11) is 3.20. The third kappa shape index (κ3) is 6.11. The summed E-state index contributed by atoms with van der Waals surface area (Å²) in [6, 6.07) is 13.1. The third-order valence-electron chi connectivity index (χ3n) is 4.87. The molecule has 0 bridgehead atoms. The summed E-state index contributed by atoms with van der Waals surface area (Å²) < 4.78 is 10.6. The molecule has 2 rings (SSSR count). The van der Waals surface area contributed by atoms with E-state index < -0.39 is 0 Å². The van der Waals surface area contributed by atoms with E-state index in [9.17, 15) is 4.79 Å². The van der Waals surface area contributed by atoms with Gasteiger partial charge in [0.2, 0.25) is 0 Å². The zero-order chi connectivity index (χ0) is 20.5. The van der Waals surface area contributed by atoms with Crippen LogP contribution < -0.4 is 15.2 Å². The second-order valence-corrected chi connectivity index (χ2v) is 7.18. The van der Waals surface area contributed by atoms with Crippen LogP contribution in [0, 0.1) is 0 Å². The van der Waals surface area contributed by atoms with Gasteiger partial charge in [0, 0.05) is 29.8 Å². The Kier molecular flexibility index (Phi) is 8.55. The molecule has 0 aliphatic rings. The molecule has 0 radical (unpaired) electrons. The molecular formula is C23H28ClNO3. The summed E-state index contributed by atoms with van der Waals surface area (Å²) in [5, 5.41) is 0.701. The molecule has 0 saturated heterocycles. The van der Waals surface area contributed by atoms with Crippen molar-refractivity contribution in [2.24, 2.45) is 5.73 Å². The molecule has 2 atom stereocenters. The molecule has 5 heteroatoms. The standard InChI is InChI=1S/C23H28ClNO3/c1-4-20(17-8-14-22(27-2)23(15-17)28-3)21(25)13-12-19(26)11-7-16-5-9-18(24)10-6-16/h4-6,8-10,14-15,20-21H,1,7,11-13,25H2,2-3H3. The number of hydrogen-bond donors (Lipinski definition) is 1. The number of ether oxygens (including phenoxy) is 2. The van der Waals surface area contributed by atoms with Crippen molar-refractivity contribution >= 4 is 17.4 Å². The van der Waals surface area contributed by atoms with Gasteiger partial charge >= 0.3 is 0 Å². The van der Waals surface area contributed by atoms with Crippen LogP contribution in [0.3, 0.4) is 0 Å². The van der Waals surface area contributed by atoms with E-state index in [2.05, 4.69) is 6.58 Å². The molecule has 150 valence electrons. The number of rotatable bonds is 11. The molecule has 0 aliphatic carbocycles. The van der Waals surface area contributed by atoms with Crippen LogP contribution in [-0.2, 0) is 11.2 Å². The Labute approximate surface area is 172 Å². The molecule has 2 aromatic carbocycles. The van der Waals surface area contributed by atoms with E-state index in [0.29, 0.717) is 42.2 Å². The highest BCUT2D eigenvalue weighted by Gasteiger charge is 2.19. The predicted octanol–water partition coefficient (Wildman–Crippen LogP) is 4.94. The van der Waals surface area contributed by atoms with Gasteiger partial charge in [-0.25, -0.2) is 0 Å². The zero-order valence-corrected chi connectivity index (χ0v) is 17.2. The lowest BCUT2D eigenvalue weighted by atomic mass is 9.88. The van der Waals surface area contributed by atoms with E-state index >= 15 is 0 Å². The van der Waals surface area contributed by atoms with Crippen molar-refractivity contribution in [2.75, 3.05) is 14.2 Å². The fourth-order valence-electron chi connectivity index (χ4n) is 3.19. The molecule has 0 spiro atoms. The average molecular weight is 402 g/mol. The number of methoxy groups -OCH3 is 2. The maximum absolute atomic E-state index is 12.3. The lowest BCUT2D eigenvalue weighted by Gasteiger charge is -2.22. The summed E-state index contributed by atoms with van der Waals surface area (Å²) in [4.78, 5) is 12.3. The Morgan fingerprint density at radius 1 is 1.11 bits per heavy atom. The summed E-state index contributed by atoms with van der Waals surface area (Å²) in [5.41, 5.74) is 8.49. The van der Waals surface area contributed by atoms with E-state index in [1.54, 1.807) is 14.2 Å². The summed E-state index contributed by atoms with van der Waals surface area (Å²) in [6.07, 6.45) is 4.09. The maximum atomic E-state index is 12.3. The number of nitrogens with two attached hydrogens (primary N) is 1. The van der Waals surface area contributed by atoms with Crippen molar-refractivity contribution in [1.29, 1.82) is 0 Å². The molecule has 4 nitrogen and oxygen atoms in total. The Bertz CT molecular complexity index is 789. The highest BCUT2D eigenvalue weighted by Crippen LogP contribution is 2.32. The number of benzene rings is 2. The Morgan fingerprint density at radius 2 is 1.79 bits per heavy atom. The van der Waals surface area contributed by atoms with E-state index in [4.69, 9.17) is 26.8 Å². The quantitative estimate of drug-likeness (QED) is 0.542. The van der Waals surface area contributed by atoms with Crippen molar-refractivity contribution < 1.29 is 14.3 Å². The van der Waals surface area contributed by atoms with Crippen molar-refractivity contribution in [1.82, 2.24) is 0 Å². The van der Waals surface area contributed by atoms with E-state index in [1.165, 1.54) is 0 Å². The van der Waals surface area contributed by atoms with Gasteiger partial charge in [0.05, 0.1) is 14.2 Å². The molecule has 0 aliphatic heterocycles. The molecule has 28 heavy (non-hydrogen) atoms. The van der Waals surface area contributed by atoms with Crippen LogP contribution >= 0.6 is 11.6 Å². The maximum Gasteiger partial charge on any atom is 0.161 e. The summed E-state index contributed by atoms with van der Waals surface area (Å²) in [6.45, 7) is 3.92. The highest BCUT2D eigenvalue weighted by molar-refractivity contribution is 6.30. The average Bonchev–Trinajstić information content (AvgIpc) is 2.72. The number of hydrogen-bond acceptors (Lipinski definition) is 4. The number of carbonyl (C=O) groups is 1. The first-order valence-corrected chi connectivity index (χ1v) is 9.72. The molecule has 2 aromatic rings. The Morgan fingerprint density at radius 3 is 2.39 bits per heavy atom. The summed E-state index contributed by atoms with van der Waals surface area (Å²) in [5.74, 6) is 1.46. The second kappa shape index (κ2) is 10.9. The Hall–Kier alpha value is -2.30. The van der Waals surface area contributed by atoms with Crippen LogP contribution in [0.1, 0.15) is 36.3 Å². The minimum atomic E-state index is -0.199. The number of aryl methyl sites for hydroxylation is 1. The van der Waals surface area contributed by atoms with Gasteiger partial charge in [-0.2, -0.15) is 0 Å². The van der Waals surface area contributed by atoms with Gasteiger partial charge in [0.1, 0.15) is 5.78 Å². The molecule has 0 heterocycles. The highest BCUT2D eigenvalue weighted by atomic mass is 35.5. The van der Waals surface area contributed by atoms with E-state index in [0.717, 1.165) is 11.1 Å². The van der Waals surface area contributed by atoms with E-state index in [-0.39, 0.29) is 17.7 Å². The number of halogens is 1. The largest absolute Gasteiger partial charge is 0.493 e. The minimum absolute atomic E-state index is 0.0659. The molecule has 2 N–H and O–H groups in total. The van der Waals surface area contributed by atoms with Gasteiger partial charge < -0.3 is 15.2 Å². The van der Waals surface area contributed by atoms with E-state index in [1.807, 2.05) is 48.5 Å². The number of ketones is 1. The van der Waals surface area contributed by atoms with Gasteiger partial charge in [-0.3, -0.25) is 4.79 Å². The SMILES string of the molecule is C=CC(c1ccc(OC)c(OC)c1)C(N)CCC(=O)CCc1ccc(Cl)cc1. The van der Waals surface area contributed by atoms with Crippen LogP contribution in [0.15, 0.2) is 55.1 Å². The Balaban J connectivity index is 1.90.